The van der Waals surface area contributed by atoms with Crippen molar-refractivity contribution in [2.75, 3.05) is 35.4 Å². The molecule has 0 aliphatic heterocycles. The zero-order valence-corrected chi connectivity index (χ0v) is 52.2. The first-order chi connectivity index (χ1) is 28.5. The van der Waals surface area contributed by atoms with Crippen LogP contribution in [0.5, 0.6) is 5.75 Å². The number of benzene rings is 4. The van der Waals surface area contributed by atoms with E-state index in [9.17, 15) is 69.3 Å². The molecular weight excluding hydrogens is 1130 g/mol. The van der Waals surface area contributed by atoms with E-state index in [-0.39, 0.29) is 228 Å². The molecule has 37 heteroatoms. The fourth-order valence-electron chi connectivity index (χ4n) is 4.99. The molecule has 1 aromatic heterocycles. The van der Waals surface area contributed by atoms with Gasteiger partial charge in [0.05, 0.1) is 55.7 Å². The normalized spacial score (nSPS) is 12.3. The summed E-state index contributed by atoms with van der Waals surface area (Å²) in [5.74, 6) is -4.05. The summed E-state index contributed by atoms with van der Waals surface area (Å²) in [4.78, 5) is 8.67. The predicted octanol–water partition coefficient (Wildman–Crippen LogP) is -10.7. The van der Waals surface area contributed by atoms with Gasteiger partial charge in [0.25, 0.3) is 0 Å². The minimum atomic E-state index is -5.61. The summed E-state index contributed by atoms with van der Waals surface area (Å²) in [6.45, 7) is -1.88. The summed E-state index contributed by atoms with van der Waals surface area (Å²) in [7, 11) is -29.4. The molecular formula is C29H22ClK4N7O19S6. The number of aromatic nitrogens is 3. The number of nitrogens with one attached hydrogen (secondary N) is 2. The predicted molar refractivity (Wildman–Crippen MR) is 205 cm³/mol. The van der Waals surface area contributed by atoms with E-state index in [4.69, 9.17) is 16.2 Å². The third kappa shape index (κ3) is 19.4. The Hall–Kier alpha value is 1.45. The molecule has 5 rings (SSSR count). The van der Waals surface area contributed by atoms with Gasteiger partial charge in [-0.2, -0.15) is 28.5 Å². The number of halogens is 1. The first-order valence-corrected chi connectivity index (χ1v) is 25.2. The zero-order chi connectivity index (χ0) is 46.1. The standard InChI is InChI=1S/C29H26ClN7O19S6.4K/c30-27-33-28(31-17-1-5-19(6-2-17)57(39,40)11-9-55-61(49,50)51)35-29(34-27)32-22-15-21(59(43,44)45)13-16-14-23(60(46,47)48)25(26(38)24(16)22)37-36-18-3-7-20(8-4-18)58(41,42)12-10-56-62(52,53)54;;;;/h1-8,13-15,38H,9-12H2,(H,43,44,45)(H,46,47,48)(H,49,50,51)(H,52,53,54)(H2,31,32,33,34,35);;;;/q;4*+1/p-4. The van der Waals surface area contributed by atoms with Crippen molar-refractivity contribution in [1.29, 1.82) is 0 Å². The summed E-state index contributed by atoms with van der Waals surface area (Å²) in [5.41, 5.74) is -1.82. The van der Waals surface area contributed by atoms with Gasteiger partial charge in [0.15, 0.2) is 19.7 Å². The Morgan fingerprint density at radius 2 is 1.12 bits per heavy atom. The molecule has 0 atom stereocenters. The number of anilines is 4. The van der Waals surface area contributed by atoms with E-state index in [1.807, 2.05) is 0 Å². The van der Waals surface area contributed by atoms with E-state index in [2.05, 4.69) is 44.2 Å². The quantitative estimate of drug-likeness (QED) is 0.0317. The zero-order valence-electron chi connectivity index (χ0n) is 34.0. The minimum Gasteiger partial charge on any atom is -0.870 e. The molecule has 0 saturated carbocycles. The number of nitrogens with zero attached hydrogens (tertiary/aromatic N) is 5. The van der Waals surface area contributed by atoms with Crippen molar-refractivity contribution in [3.05, 3.63) is 72.0 Å². The molecule has 0 radical (unpaired) electrons. The maximum Gasteiger partial charge on any atom is 1.00 e. The number of azo groups is 1. The monoisotopic (exact) mass is 1150 g/mol. The average molecular weight is 1160 g/mol. The summed E-state index contributed by atoms with van der Waals surface area (Å²) in [6.07, 6.45) is 0. The molecule has 0 bridgehead atoms. The molecule has 5 aromatic rings. The second-order valence-electron chi connectivity index (χ2n) is 11.9. The maximum atomic E-state index is 14.0. The van der Waals surface area contributed by atoms with Crippen molar-refractivity contribution in [3.63, 3.8) is 0 Å². The van der Waals surface area contributed by atoms with E-state index in [1.54, 1.807) is 0 Å². The van der Waals surface area contributed by atoms with Crippen LogP contribution in [-0.2, 0) is 69.1 Å². The molecule has 66 heavy (non-hydrogen) atoms. The van der Waals surface area contributed by atoms with Gasteiger partial charge in [0, 0.05) is 11.4 Å². The van der Waals surface area contributed by atoms with Gasteiger partial charge in [-0.1, -0.05) is 5.75 Å². The smallest absolute Gasteiger partial charge is 0.870 e. The SMILES string of the molecule is O=S(=O)([O-])OCCS(=O)(=O)c1ccc(Nc2nc(Cl)nc(Nc3cc(S(=O)(=O)[O-])cc4cc(S(=O)(=O)[O-])c(N=Nc5ccc(S(=O)(=O)CCOS(=O)(=O)O)cc5)c([O-])c34)n2)cc1.[K+].[K+].[K+].[K+]. The maximum absolute atomic E-state index is 14.0. The summed E-state index contributed by atoms with van der Waals surface area (Å²) in [5, 5.41) is 24.7. The van der Waals surface area contributed by atoms with E-state index < -0.39 is 139 Å². The van der Waals surface area contributed by atoms with Crippen LogP contribution in [-0.4, -0.2) is 108 Å². The summed E-state index contributed by atoms with van der Waals surface area (Å²) >= 11 is 6.07. The van der Waals surface area contributed by atoms with Crippen molar-refractivity contribution < 1.29 is 288 Å². The van der Waals surface area contributed by atoms with Crippen LogP contribution < -0.4 is 221 Å². The second-order valence-corrected chi connectivity index (χ2v) is 21.3. The molecule has 1 heterocycles. The van der Waals surface area contributed by atoms with Crippen molar-refractivity contribution in [2.45, 2.75) is 19.6 Å². The first-order valence-electron chi connectivity index (χ1n) is 16.0. The number of hydrogen-bond donors (Lipinski definition) is 3. The van der Waals surface area contributed by atoms with Gasteiger partial charge in [-0.3, -0.25) is 8.74 Å². The third-order valence-corrected chi connectivity index (χ3v) is 13.8. The Balaban J connectivity index is 0.00000544. The van der Waals surface area contributed by atoms with E-state index in [1.165, 1.54) is 12.1 Å². The Labute approximate surface area is 551 Å². The molecule has 0 fully saturated rings. The third-order valence-electron chi connectivity index (χ3n) is 7.61. The topological polar surface area (TPSA) is 423 Å². The van der Waals surface area contributed by atoms with E-state index in [0.717, 1.165) is 36.4 Å². The van der Waals surface area contributed by atoms with Crippen LogP contribution >= 0.6 is 11.6 Å². The van der Waals surface area contributed by atoms with Crippen LogP contribution in [0, 0.1) is 0 Å². The van der Waals surface area contributed by atoms with Gasteiger partial charge in [-0.25, -0.2) is 46.3 Å². The van der Waals surface area contributed by atoms with Crippen LogP contribution in [0.25, 0.3) is 10.8 Å². The van der Waals surface area contributed by atoms with Crippen LogP contribution in [0.3, 0.4) is 0 Å². The van der Waals surface area contributed by atoms with Gasteiger partial charge in [0.1, 0.15) is 20.2 Å². The number of fused-ring (bicyclic) bond motifs is 1. The average Bonchev–Trinajstić information content (AvgIpc) is 3.12. The Bertz CT molecular complexity index is 3310. The Kier molecular flexibility index (Phi) is 26.4. The molecule has 3 N–H and O–H groups in total. The van der Waals surface area contributed by atoms with Crippen LogP contribution in [0.2, 0.25) is 5.28 Å². The van der Waals surface area contributed by atoms with Gasteiger partial charge < -0.3 is 29.4 Å². The molecule has 26 nitrogen and oxygen atoms in total. The molecule has 0 aliphatic rings. The molecule has 0 unspecified atom stereocenters. The summed E-state index contributed by atoms with van der Waals surface area (Å²) < 4.78 is 193. The van der Waals surface area contributed by atoms with Crippen molar-refractivity contribution >= 4 is 118 Å². The second kappa shape index (κ2) is 26.6. The van der Waals surface area contributed by atoms with E-state index >= 15 is 0 Å². The Morgan fingerprint density at radius 1 is 0.621 bits per heavy atom. The van der Waals surface area contributed by atoms with Gasteiger partial charge >= 0.3 is 216 Å². The van der Waals surface area contributed by atoms with Gasteiger partial charge in [-0.15, -0.1) is 5.11 Å². The molecule has 0 spiro atoms. The number of hydrogen-bond acceptors (Lipinski definition) is 25. The molecule has 0 aliphatic carbocycles. The molecule has 4 aromatic carbocycles. The molecule has 334 valence electrons. The molecule has 0 amide bonds. The Morgan fingerprint density at radius 3 is 1.61 bits per heavy atom. The molecule has 0 saturated heterocycles. The fraction of sp³-hybridized carbons (Fsp3) is 0.138. The van der Waals surface area contributed by atoms with Crippen molar-refractivity contribution in [2.24, 2.45) is 10.2 Å². The van der Waals surface area contributed by atoms with Crippen molar-refractivity contribution in [1.82, 2.24) is 15.0 Å². The van der Waals surface area contributed by atoms with Crippen LogP contribution in [0.4, 0.5) is 34.6 Å². The minimum absolute atomic E-state index is 0. The summed E-state index contributed by atoms with van der Waals surface area (Å²) in [6, 6.07) is 10.3. The van der Waals surface area contributed by atoms with Gasteiger partial charge in [-0.05, 0) is 89.1 Å². The van der Waals surface area contributed by atoms with E-state index in [0.29, 0.717) is 18.2 Å². The van der Waals surface area contributed by atoms with Gasteiger partial charge in [0.2, 0.25) is 27.6 Å². The van der Waals surface area contributed by atoms with Crippen molar-refractivity contribution in [3.8, 4) is 5.75 Å². The van der Waals surface area contributed by atoms with Crippen LogP contribution in [0.1, 0.15) is 0 Å². The number of sulfone groups is 2. The fourth-order valence-corrected chi connectivity index (χ4v) is 9.29. The largest absolute Gasteiger partial charge is 1.00 e. The van der Waals surface area contributed by atoms with Crippen LogP contribution in [0.15, 0.2) is 96.5 Å². The first kappa shape index (κ1) is 65.5. The number of rotatable bonds is 18.